The van der Waals surface area contributed by atoms with Crippen molar-refractivity contribution < 1.29 is 31.6 Å². The summed E-state index contributed by atoms with van der Waals surface area (Å²) < 4.78 is 49.1. The topological polar surface area (TPSA) is 159 Å². The maximum Gasteiger partial charge on any atom is 0.245 e. The van der Waals surface area contributed by atoms with E-state index in [1.165, 1.54) is 11.3 Å². The first-order valence-electron chi connectivity index (χ1n) is 10.1. The highest BCUT2D eigenvalue weighted by Crippen LogP contribution is 2.47. The standard InChI is InChI=1S/C20H25N3O7S3/c1-32(27,28)21-13-19(25)22-15-6-4-5-14(11-15)16-7-8-17(31-16)20(12-18(24)23-26)9-2-3-10-33(20,29)30/h4-8,11,21,26H,2-3,9-10,12-13H2,1H3,(H,22,25)(H,23,24)/t20-/m0/s1. The molecule has 1 aliphatic heterocycles. The van der Waals surface area contributed by atoms with Gasteiger partial charge in [0, 0.05) is 15.4 Å². The van der Waals surface area contributed by atoms with E-state index in [1.54, 1.807) is 41.9 Å². The molecule has 0 bridgehead atoms. The number of sulfone groups is 1. The van der Waals surface area contributed by atoms with E-state index in [-0.39, 0.29) is 18.6 Å². The summed E-state index contributed by atoms with van der Waals surface area (Å²) in [7, 11) is -7.13. The van der Waals surface area contributed by atoms with Gasteiger partial charge in [0.25, 0.3) is 0 Å². The Morgan fingerprint density at radius 2 is 1.91 bits per heavy atom. The van der Waals surface area contributed by atoms with Crippen LogP contribution in [0.4, 0.5) is 5.69 Å². The third-order valence-corrected chi connectivity index (χ3v) is 10.1. The second kappa shape index (κ2) is 9.89. The molecule has 2 amide bonds. The Hall–Kier alpha value is -2.32. The largest absolute Gasteiger partial charge is 0.325 e. The van der Waals surface area contributed by atoms with Crippen LogP contribution < -0.4 is 15.5 Å². The molecule has 180 valence electrons. The summed E-state index contributed by atoms with van der Waals surface area (Å²) in [6.07, 6.45) is 2.05. The van der Waals surface area contributed by atoms with Gasteiger partial charge in [-0.25, -0.2) is 27.0 Å². The smallest absolute Gasteiger partial charge is 0.245 e. The number of hydrogen-bond acceptors (Lipinski definition) is 8. The number of rotatable bonds is 8. The minimum Gasteiger partial charge on any atom is -0.325 e. The maximum atomic E-state index is 13.1. The molecular weight excluding hydrogens is 490 g/mol. The van der Waals surface area contributed by atoms with Gasteiger partial charge in [0.05, 0.1) is 25.0 Å². The van der Waals surface area contributed by atoms with Crippen LogP contribution in [0.2, 0.25) is 0 Å². The SMILES string of the molecule is CS(=O)(=O)NCC(=O)Nc1cccc(-c2ccc([C@@]3(CC(=O)NO)CCCCS3(=O)=O)s2)c1. The van der Waals surface area contributed by atoms with Crippen molar-refractivity contribution in [3.05, 3.63) is 41.3 Å². The molecule has 4 N–H and O–H groups in total. The molecule has 33 heavy (non-hydrogen) atoms. The highest BCUT2D eigenvalue weighted by Gasteiger charge is 2.49. The molecule has 1 saturated heterocycles. The molecule has 13 heteroatoms. The van der Waals surface area contributed by atoms with Crippen LogP contribution in [0.25, 0.3) is 10.4 Å². The number of thiophene rings is 1. The zero-order chi connectivity index (χ0) is 24.3. The van der Waals surface area contributed by atoms with Crippen LogP contribution >= 0.6 is 11.3 Å². The van der Waals surface area contributed by atoms with Crippen molar-refractivity contribution in [2.45, 2.75) is 30.4 Å². The van der Waals surface area contributed by atoms with E-state index in [2.05, 4.69) is 10.0 Å². The molecule has 1 aromatic carbocycles. The zero-order valence-electron chi connectivity index (χ0n) is 17.8. The van der Waals surface area contributed by atoms with Crippen LogP contribution in [-0.2, 0) is 34.2 Å². The highest BCUT2D eigenvalue weighted by molar-refractivity contribution is 7.92. The van der Waals surface area contributed by atoms with Gasteiger partial charge in [0.2, 0.25) is 21.8 Å². The van der Waals surface area contributed by atoms with E-state index in [1.807, 2.05) is 0 Å². The van der Waals surface area contributed by atoms with Gasteiger partial charge < -0.3 is 5.32 Å². The molecule has 2 aromatic rings. The van der Waals surface area contributed by atoms with Crippen LogP contribution in [0, 0.1) is 0 Å². The maximum absolute atomic E-state index is 13.1. The lowest BCUT2D eigenvalue weighted by Crippen LogP contribution is -2.43. The van der Waals surface area contributed by atoms with E-state index >= 15 is 0 Å². The first-order chi connectivity index (χ1) is 15.5. The van der Waals surface area contributed by atoms with Crippen molar-refractivity contribution in [2.24, 2.45) is 0 Å². The Kier molecular flexibility index (Phi) is 7.59. The van der Waals surface area contributed by atoms with Crippen molar-refractivity contribution in [1.82, 2.24) is 10.2 Å². The van der Waals surface area contributed by atoms with Crippen molar-refractivity contribution in [1.29, 1.82) is 0 Å². The summed E-state index contributed by atoms with van der Waals surface area (Å²) in [5, 5.41) is 11.6. The number of anilines is 1. The lowest BCUT2D eigenvalue weighted by Gasteiger charge is -2.35. The predicted octanol–water partition coefficient (Wildman–Crippen LogP) is 1.59. The lowest BCUT2D eigenvalue weighted by atomic mass is 9.94. The fraction of sp³-hybridized carbons (Fsp3) is 0.400. The molecule has 0 spiro atoms. The molecule has 1 aromatic heterocycles. The van der Waals surface area contributed by atoms with Crippen molar-refractivity contribution >= 4 is 48.7 Å². The summed E-state index contributed by atoms with van der Waals surface area (Å²) in [6.45, 7) is -0.403. The minimum absolute atomic E-state index is 0.0258. The van der Waals surface area contributed by atoms with Crippen LogP contribution in [0.1, 0.15) is 30.6 Å². The first-order valence-corrected chi connectivity index (χ1v) is 14.4. The molecule has 0 saturated carbocycles. The Balaban J connectivity index is 1.88. The number of carbonyl (C=O) groups excluding carboxylic acids is 2. The van der Waals surface area contributed by atoms with E-state index in [0.29, 0.717) is 23.4 Å². The van der Waals surface area contributed by atoms with E-state index < -0.39 is 43.0 Å². The van der Waals surface area contributed by atoms with E-state index in [4.69, 9.17) is 5.21 Å². The normalized spacial score (nSPS) is 20.2. The summed E-state index contributed by atoms with van der Waals surface area (Å²) in [4.78, 5) is 25.2. The number of sulfonamides is 1. The Morgan fingerprint density at radius 1 is 1.15 bits per heavy atom. The molecule has 1 atom stereocenters. The average molecular weight is 516 g/mol. The minimum atomic E-state index is -3.63. The summed E-state index contributed by atoms with van der Waals surface area (Å²) in [5.41, 5.74) is 2.71. The molecule has 3 rings (SSSR count). The summed E-state index contributed by atoms with van der Waals surface area (Å²) >= 11 is 1.24. The molecule has 0 radical (unpaired) electrons. The number of amides is 2. The highest BCUT2D eigenvalue weighted by atomic mass is 32.2. The fourth-order valence-electron chi connectivity index (χ4n) is 3.80. The molecule has 0 aliphatic carbocycles. The predicted molar refractivity (Wildman–Crippen MR) is 125 cm³/mol. The average Bonchev–Trinajstić information content (AvgIpc) is 3.24. The third-order valence-electron chi connectivity index (χ3n) is 5.39. The quantitative estimate of drug-likeness (QED) is 0.307. The van der Waals surface area contributed by atoms with Crippen LogP contribution in [0.5, 0.6) is 0 Å². The first kappa shape index (κ1) is 25.3. The number of nitrogens with one attached hydrogen (secondary N) is 3. The van der Waals surface area contributed by atoms with Gasteiger partial charge in [0.15, 0.2) is 9.84 Å². The summed E-state index contributed by atoms with van der Waals surface area (Å²) in [5.74, 6) is -1.32. The number of hydroxylamine groups is 1. The zero-order valence-corrected chi connectivity index (χ0v) is 20.3. The van der Waals surface area contributed by atoms with Crippen LogP contribution in [0.3, 0.4) is 0 Å². The van der Waals surface area contributed by atoms with Gasteiger partial charge in [-0.05, 0) is 42.7 Å². The molecule has 10 nitrogen and oxygen atoms in total. The van der Waals surface area contributed by atoms with Crippen LogP contribution in [0.15, 0.2) is 36.4 Å². The van der Waals surface area contributed by atoms with Gasteiger partial charge in [-0.15, -0.1) is 11.3 Å². The van der Waals surface area contributed by atoms with Crippen molar-refractivity contribution in [3.63, 3.8) is 0 Å². The lowest BCUT2D eigenvalue weighted by molar-refractivity contribution is -0.130. The fourth-order valence-corrected chi connectivity index (χ4v) is 7.97. The third kappa shape index (κ3) is 5.98. The molecule has 2 heterocycles. The summed E-state index contributed by atoms with van der Waals surface area (Å²) in [6, 6.07) is 10.3. The molecular formula is C20H25N3O7S3. The van der Waals surface area contributed by atoms with Crippen molar-refractivity contribution in [3.8, 4) is 10.4 Å². The van der Waals surface area contributed by atoms with Gasteiger partial charge in [0.1, 0.15) is 4.75 Å². The second-order valence-electron chi connectivity index (χ2n) is 7.87. The Labute approximate surface area is 196 Å². The van der Waals surface area contributed by atoms with Crippen molar-refractivity contribution in [2.75, 3.05) is 23.9 Å². The number of benzene rings is 1. The van der Waals surface area contributed by atoms with Gasteiger partial charge in [-0.3, -0.25) is 14.8 Å². The monoisotopic (exact) mass is 515 g/mol. The van der Waals surface area contributed by atoms with E-state index in [0.717, 1.165) is 16.7 Å². The number of carbonyl (C=O) groups is 2. The van der Waals surface area contributed by atoms with Gasteiger partial charge >= 0.3 is 0 Å². The van der Waals surface area contributed by atoms with Gasteiger partial charge in [-0.2, -0.15) is 0 Å². The van der Waals surface area contributed by atoms with E-state index in [9.17, 15) is 26.4 Å². The molecule has 0 unspecified atom stereocenters. The molecule has 1 fully saturated rings. The Morgan fingerprint density at radius 3 is 2.58 bits per heavy atom. The van der Waals surface area contributed by atoms with Gasteiger partial charge in [-0.1, -0.05) is 18.6 Å². The Bertz CT molecular complexity index is 1260. The molecule has 1 aliphatic rings. The van der Waals surface area contributed by atoms with Crippen LogP contribution in [-0.4, -0.2) is 52.4 Å². The second-order valence-corrected chi connectivity index (χ2v) is 13.2. The number of hydrogen-bond donors (Lipinski definition) is 4.